The van der Waals surface area contributed by atoms with Crippen LogP contribution in [0.1, 0.15) is 11.1 Å². The van der Waals surface area contributed by atoms with Gasteiger partial charge in [0.15, 0.2) is 0 Å². The first-order valence-electron chi connectivity index (χ1n) is 5.64. The number of rotatable bonds is 5. The van der Waals surface area contributed by atoms with E-state index in [9.17, 15) is 0 Å². The number of aromatic nitrogens is 2. The van der Waals surface area contributed by atoms with E-state index in [0.29, 0.717) is 6.54 Å². The van der Waals surface area contributed by atoms with Crippen LogP contribution in [0.5, 0.6) is 0 Å². The number of halogens is 1. The first-order chi connectivity index (χ1) is 8.69. The van der Waals surface area contributed by atoms with Crippen molar-refractivity contribution in [2.75, 3.05) is 18.5 Å². The minimum absolute atomic E-state index is 0.626. The molecule has 0 aliphatic carbocycles. The highest BCUT2D eigenvalue weighted by molar-refractivity contribution is 9.11. The standard InChI is InChI=1S/C12H15BrN4S/c1-17(7-10-4-11(13)18-8-10)12-15-5-9(2-3-14)6-16-12/h4-6,8H,2-3,7,14H2,1H3. The number of hydrogen-bond acceptors (Lipinski definition) is 5. The molecule has 2 aromatic rings. The van der Waals surface area contributed by atoms with Gasteiger partial charge in [0.05, 0.1) is 3.79 Å². The zero-order valence-electron chi connectivity index (χ0n) is 10.1. The molecular weight excluding hydrogens is 312 g/mol. The van der Waals surface area contributed by atoms with Crippen molar-refractivity contribution in [3.63, 3.8) is 0 Å². The molecule has 0 bridgehead atoms. The summed E-state index contributed by atoms with van der Waals surface area (Å²) in [6.45, 7) is 1.43. The lowest BCUT2D eigenvalue weighted by Crippen LogP contribution is -2.18. The fourth-order valence-corrected chi connectivity index (χ4v) is 2.81. The van der Waals surface area contributed by atoms with Crippen LogP contribution in [0.2, 0.25) is 0 Å². The summed E-state index contributed by atoms with van der Waals surface area (Å²) < 4.78 is 1.14. The Bertz CT molecular complexity index is 497. The molecule has 0 saturated heterocycles. The van der Waals surface area contributed by atoms with Crippen molar-refractivity contribution in [1.29, 1.82) is 0 Å². The number of hydrogen-bond donors (Lipinski definition) is 1. The summed E-state index contributed by atoms with van der Waals surface area (Å²) in [5.41, 5.74) is 7.82. The van der Waals surface area contributed by atoms with Crippen molar-refractivity contribution in [3.05, 3.63) is 38.8 Å². The minimum atomic E-state index is 0.626. The van der Waals surface area contributed by atoms with E-state index >= 15 is 0 Å². The monoisotopic (exact) mass is 326 g/mol. The van der Waals surface area contributed by atoms with Gasteiger partial charge in [-0.1, -0.05) is 0 Å². The zero-order valence-corrected chi connectivity index (χ0v) is 12.5. The highest BCUT2D eigenvalue weighted by atomic mass is 79.9. The van der Waals surface area contributed by atoms with Gasteiger partial charge in [-0.3, -0.25) is 0 Å². The van der Waals surface area contributed by atoms with Gasteiger partial charge < -0.3 is 10.6 Å². The molecule has 2 N–H and O–H groups in total. The van der Waals surface area contributed by atoms with Crippen LogP contribution in [0.4, 0.5) is 5.95 Å². The largest absolute Gasteiger partial charge is 0.340 e. The average molecular weight is 327 g/mol. The van der Waals surface area contributed by atoms with E-state index in [4.69, 9.17) is 5.73 Å². The molecule has 0 aliphatic heterocycles. The SMILES string of the molecule is CN(Cc1csc(Br)c1)c1ncc(CCN)cn1. The van der Waals surface area contributed by atoms with Crippen LogP contribution in [0.3, 0.4) is 0 Å². The van der Waals surface area contributed by atoms with E-state index in [0.717, 1.165) is 28.3 Å². The maximum absolute atomic E-state index is 5.49. The molecule has 0 atom stereocenters. The second-order valence-electron chi connectivity index (χ2n) is 4.05. The lowest BCUT2D eigenvalue weighted by atomic mass is 10.2. The van der Waals surface area contributed by atoms with E-state index in [-0.39, 0.29) is 0 Å². The van der Waals surface area contributed by atoms with Gasteiger partial charge in [-0.25, -0.2) is 9.97 Å². The van der Waals surface area contributed by atoms with Crippen LogP contribution in [-0.2, 0) is 13.0 Å². The topological polar surface area (TPSA) is 55.0 Å². The molecule has 4 nitrogen and oxygen atoms in total. The first kappa shape index (κ1) is 13.5. The number of nitrogens with zero attached hydrogens (tertiary/aromatic N) is 3. The fraction of sp³-hybridized carbons (Fsp3) is 0.333. The normalized spacial score (nSPS) is 10.6. The van der Waals surface area contributed by atoms with Crippen molar-refractivity contribution >= 4 is 33.2 Å². The minimum Gasteiger partial charge on any atom is -0.340 e. The van der Waals surface area contributed by atoms with Gasteiger partial charge in [0.1, 0.15) is 0 Å². The molecule has 6 heteroatoms. The lowest BCUT2D eigenvalue weighted by Gasteiger charge is -2.16. The van der Waals surface area contributed by atoms with Gasteiger partial charge in [0.2, 0.25) is 5.95 Å². The van der Waals surface area contributed by atoms with E-state index < -0.39 is 0 Å². The van der Waals surface area contributed by atoms with Crippen molar-refractivity contribution in [3.8, 4) is 0 Å². The van der Waals surface area contributed by atoms with E-state index in [1.807, 2.05) is 24.3 Å². The average Bonchev–Trinajstić information content (AvgIpc) is 2.76. The molecule has 0 spiro atoms. The Kier molecular flexibility index (Phi) is 4.68. The second kappa shape index (κ2) is 6.26. The molecule has 2 aromatic heterocycles. The van der Waals surface area contributed by atoms with E-state index in [1.54, 1.807) is 11.3 Å². The van der Waals surface area contributed by atoms with Crippen LogP contribution < -0.4 is 10.6 Å². The Morgan fingerprint density at radius 1 is 1.33 bits per heavy atom. The first-order valence-corrected chi connectivity index (χ1v) is 7.31. The van der Waals surface area contributed by atoms with Gasteiger partial charge in [0, 0.05) is 26.0 Å². The maximum atomic E-state index is 5.49. The molecule has 0 fully saturated rings. The highest BCUT2D eigenvalue weighted by Gasteiger charge is 2.06. The molecule has 0 aromatic carbocycles. The molecular formula is C12H15BrN4S. The van der Waals surface area contributed by atoms with Crippen LogP contribution in [0.15, 0.2) is 27.6 Å². The molecule has 0 radical (unpaired) electrons. The van der Waals surface area contributed by atoms with Gasteiger partial charge in [0.25, 0.3) is 0 Å². The van der Waals surface area contributed by atoms with Crippen molar-refractivity contribution in [1.82, 2.24) is 9.97 Å². The molecule has 96 valence electrons. The Balaban J connectivity index is 2.02. The molecule has 0 amide bonds. The third kappa shape index (κ3) is 3.51. The number of thiophene rings is 1. The summed E-state index contributed by atoms with van der Waals surface area (Å²) in [4.78, 5) is 10.7. The molecule has 18 heavy (non-hydrogen) atoms. The van der Waals surface area contributed by atoms with Crippen LogP contribution in [0.25, 0.3) is 0 Å². The van der Waals surface area contributed by atoms with Gasteiger partial charge in [-0.15, -0.1) is 11.3 Å². The van der Waals surface area contributed by atoms with Crippen LogP contribution in [0, 0.1) is 0 Å². The summed E-state index contributed by atoms with van der Waals surface area (Å²) in [6, 6.07) is 2.12. The lowest BCUT2D eigenvalue weighted by molar-refractivity contribution is 0.856. The maximum Gasteiger partial charge on any atom is 0.225 e. The second-order valence-corrected chi connectivity index (χ2v) is 6.34. The molecule has 0 aliphatic rings. The summed E-state index contributed by atoms with van der Waals surface area (Å²) in [7, 11) is 1.99. The molecule has 2 rings (SSSR count). The number of nitrogens with two attached hydrogens (primary N) is 1. The third-order valence-electron chi connectivity index (χ3n) is 2.51. The third-order valence-corrected chi connectivity index (χ3v) is 4.06. The summed E-state index contributed by atoms with van der Waals surface area (Å²) in [6.07, 6.45) is 4.51. The van der Waals surface area contributed by atoms with E-state index in [2.05, 4.69) is 37.3 Å². The Morgan fingerprint density at radius 3 is 2.61 bits per heavy atom. The predicted octanol–water partition coefficient (Wildman–Crippen LogP) is 2.44. The van der Waals surface area contributed by atoms with Crippen LogP contribution >= 0.6 is 27.3 Å². The van der Waals surface area contributed by atoms with Gasteiger partial charge in [-0.05, 0) is 51.5 Å². The van der Waals surface area contributed by atoms with Crippen molar-refractivity contribution in [2.45, 2.75) is 13.0 Å². The van der Waals surface area contributed by atoms with Gasteiger partial charge >= 0.3 is 0 Å². The summed E-state index contributed by atoms with van der Waals surface area (Å²) >= 11 is 5.15. The Labute approximate surface area is 119 Å². The molecule has 0 saturated carbocycles. The number of anilines is 1. The highest BCUT2D eigenvalue weighted by Crippen LogP contribution is 2.22. The smallest absolute Gasteiger partial charge is 0.225 e. The molecule has 2 heterocycles. The summed E-state index contributed by atoms with van der Waals surface area (Å²) in [5, 5.41) is 2.13. The quantitative estimate of drug-likeness (QED) is 0.916. The fourth-order valence-electron chi connectivity index (χ4n) is 1.61. The van der Waals surface area contributed by atoms with Crippen molar-refractivity contribution in [2.24, 2.45) is 5.73 Å². The Hall–Kier alpha value is -0.980. The van der Waals surface area contributed by atoms with E-state index in [1.165, 1.54) is 5.56 Å². The zero-order chi connectivity index (χ0) is 13.0. The van der Waals surface area contributed by atoms with Crippen molar-refractivity contribution < 1.29 is 0 Å². The van der Waals surface area contributed by atoms with Gasteiger partial charge in [-0.2, -0.15) is 0 Å². The van der Waals surface area contributed by atoms with Crippen LogP contribution in [-0.4, -0.2) is 23.6 Å². The Morgan fingerprint density at radius 2 is 2.06 bits per heavy atom. The predicted molar refractivity (Wildman–Crippen MR) is 78.9 cm³/mol. The molecule has 0 unspecified atom stereocenters. The summed E-state index contributed by atoms with van der Waals surface area (Å²) in [5.74, 6) is 0.734.